The molecule has 0 bridgehead atoms. The number of ether oxygens (including phenoxy) is 3. The lowest BCUT2D eigenvalue weighted by molar-refractivity contribution is -0.142. The molecule has 31 heavy (non-hydrogen) atoms. The van der Waals surface area contributed by atoms with Gasteiger partial charge in [0.2, 0.25) is 0 Å². The number of hydrogen-bond donors (Lipinski definition) is 0. The predicted molar refractivity (Wildman–Crippen MR) is 118 cm³/mol. The fraction of sp³-hybridized carbons (Fsp3) is 0.417. The standard InChI is InChI=1S/C24H28N2O5/c1-3-30-24(28)23-19-10-9-17(14-21(19)26-13-5-4-8-20(23)26)31-18(15-22(27)29-2)16-25-11-6-7-12-25/h4-5,8-10,13-14,18H,3,6-7,11-12,15-16H2,1-2H3. The fourth-order valence-corrected chi connectivity index (χ4v) is 4.27. The topological polar surface area (TPSA) is 69.5 Å². The Hall–Kier alpha value is -3.06. The molecule has 1 aliphatic heterocycles. The molecule has 1 aliphatic rings. The second-order valence-electron chi connectivity index (χ2n) is 7.76. The molecule has 164 valence electrons. The summed E-state index contributed by atoms with van der Waals surface area (Å²) in [4.78, 5) is 26.9. The summed E-state index contributed by atoms with van der Waals surface area (Å²) in [5, 5.41) is 0.807. The number of fused-ring (bicyclic) bond motifs is 3. The second-order valence-corrected chi connectivity index (χ2v) is 7.76. The second kappa shape index (κ2) is 9.39. The summed E-state index contributed by atoms with van der Waals surface area (Å²) in [5.74, 6) is 0.0229. The quantitative estimate of drug-likeness (QED) is 0.514. The number of carbonyl (C=O) groups is 2. The maximum atomic E-state index is 12.6. The third-order valence-corrected chi connectivity index (χ3v) is 5.68. The first-order valence-electron chi connectivity index (χ1n) is 10.8. The van der Waals surface area contributed by atoms with Crippen molar-refractivity contribution in [2.24, 2.45) is 0 Å². The molecular weight excluding hydrogens is 396 g/mol. The first-order chi connectivity index (χ1) is 15.1. The Morgan fingerprint density at radius 3 is 2.65 bits per heavy atom. The van der Waals surface area contributed by atoms with E-state index in [1.807, 2.05) is 47.0 Å². The summed E-state index contributed by atoms with van der Waals surface area (Å²) >= 11 is 0. The first kappa shape index (κ1) is 21.2. The van der Waals surface area contributed by atoms with Gasteiger partial charge in [0.1, 0.15) is 11.9 Å². The summed E-state index contributed by atoms with van der Waals surface area (Å²) in [5.41, 5.74) is 2.19. The van der Waals surface area contributed by atoms with Crippen LogP contribution in [0.2, 0.25) is 0 Å². The summed E-state index contributed by atoms with van der Waals surface area (Å²) in [6.45, 7) is 4.83. The number of nitrogens with zero attached hydrogens (tertiary/aromatic N) is 2. The Labute approximate surface area is 181 Å². The van der Waals surface area contributed by atoms with Gasteiger partial charge in [-0.3, -0.25) is 9.69 Å². The van der Waals surface area contributed by atoms with Crippen molar-refractivity contribution in [1.29, 1.82) is 0 Å². The van der Waals surface area contributed by atoms with Crippen molar-refractivity contribution in [2.75, 3.05) is 33.4 Å². The highest BCUT2D eigenvalue weighted by molar-refractivity contribution is 6.11. The predicted octanol–water partition coefficient (Wildman–Crippen LogP) is 3.68. The monoisotopic (exact) mass is 424 g/mol. The molecule has 4 rings (SSSR count). The van der Waals surface area contributed by atoms with Gasteiger partial charge in [0.15, 0.2) is 0 Å². The molecule has 0 saturated carbocycles. The number of benzene rings is 1. The van der Waals surface area contributed by atoms with Crippen LogP contribution in [0, 0.1) is 0 Å². The Kier molecular flexibility index (Phi) is 6.42. The van der Waals surface area contributed by atoms with Crippen LogP contribution in [0.25, 0.3) is 16.4 Å². The zero-order valence-corrected chi connectivity index (χ0v) is 18.0. The highest BCUT2D eigenvalue weighted by Crippen LogP contribution is 2.31. The number of esters is 2. The molecule has 0 aliphatic carbocycles. The molecular formula is C24H28N2O5. The lowest BCUT2D eigenvalue weighted by atomic mass is 10.1. The van der Waals surface area contributed by atoms with Crippen LogP contribution in [-0.2, 0) is 14.3 Å². The molecule has 0 radical (unpaired) electrons. The molecule has 0 spiro atoms. The van der Waals surface area contributed by atoms with Gasteiger partial charge in [0.25, 0.3) is 0 Å². The van der Waals surface area contributed by atoms with E-state index in [2.05, 4.69) is 4.90 Å². The zero-order valence-electron chi connectivity index (χ0n) is 18.0. The molecule has 7 nitrogen and oxygen atoms in total. The SMILES string of the molecule is CCOC(=O)c1c2ccc(OC(CC(=O)OC)CN3CCCC3)cc2n2ccccc12. The highest BCUT2D eigenvalue weighted by atomic mass is 16.5. The normalized spacial score (nSPS) is 15.3. The number of aromatic nitrogens is 1. The number of hydrogen-bond acceptors (Lipinski definition) is 6. The molecule has 3 heterocycles. The molecule has 0 N–H and O–H groups in total. The van der Waals surface area contributed by atoms with Gasteiger partial charge in [0, 0.05) is 24.2 Å². The van der Waals surface area contributed by atoms with Crippen LogP contribution in [0.3, 0.4) is 0 Å². The average molecular weight is 424 g/mol. The first-order valence-corrected chi connectivity index (χ1v) is 10.8. The maximum Gasteiger partial charge on any atom is 0.340 e. The van der Waals surface area contributed by atoms with Crippen LogP contribution in [0.4, 0.5) is 0 Å². The third-order valence-electron chi connectivity index (χ3n) is 5.68. The van der Waals surface area contributed by atoms with E-state index in [0.29, 0.717) is 24.5 Å². The van der Waals surface area contributed by atoms with E-state index in [9.17, 15) is 9.59 Å². The minimum atomic E-state index is -0.340. The molecule has 1 fully saturated rings. The molecule has 1 aromatic carbocycles. The number of methoxy groups -OCH3 is 1. The van der Waals surface area contributed by atoms with E-state index in [0.717, 1.165) is 29.5 Å². The van der Waals surface area contributed by atoms with Crippen molar-refractivity contribution in [2.45, 2.75) is 32.3 Å². The van der Waals surface area contributed by atoms with E-state index in [1.165, 1.54) is 20.0 Å². The smallest absolute Gasteiger partial charge is 0.340 e. The minimum absolute atomic E-state index is 0.189. The van der Waals surface area contributed by atoms with E-state index < -0.39 is 0 Å². The molecule has 7 heteroatoms. The van der Waals surface area contributed by atoms with Gasteiger partial charge < -0.3 is 18.6 Å². The molecule has 1 unspecified atom stereocenters. The Bertz CT molecular complexity index is 1080. The van der Waals surface area contributed by atoms with E-state index in [1.54, 1.807) is 6.92 Å². The molecule has 1 saturated heterocycles. The van der Waals surface area contributed by atoms with Crippen molar-refractivity contribution < 1.29 is 23.8 Å². The van der Waals surface area contributed by atoms with E-state index in [4.69, 9.17) is 14.2 Å². The van der Waals surface area contributed by atoms with E-state index >= 15 is 0 Å². The Morgan fingerprint density at radius 1 is 1.10 bits per heavy atom. The van der Waals surface area contributed by atoms with Crippen LogP contribution in [0.1, 0.15) is 36.5 Å². The van der Waals surface area contributed by atoms with Gasteiger partial charge >= 0.3 is 11.9 Å². The number of rotatable bonds is 8. The zero-order chi connectivity index (χ0) is 21.8. The molecule has 0 amide bonds. The molecule has 3 aromatic rings. The molecule has 2 aromatic heterocycles. The van der Waals surface area contributed by atoms with Crippen molar-refractivity contribution in [3.63, 3.8) is 0 Å². The third kappa shape index (κ3) is 4.51. The summed E-state index contributed by atoms with van der Waals surface area (Å²) in [7, 11) is 1.39. The van der Waals surface area contributed by atoms with Crippen LogP contribution < -0.4 is 4.74 Å². The maximum absolute atomic E-state index is 12.6. The fourth-order valence-electron chi connectivity index (χ4n) is 4.27. The van der Waals surface area contributed by atoms with Crippen molar-refractivity contribution >= 4 is 28.4 Å². The summed E-state index contributed by atoms with van der Waals surface area (Å²) < 4.78 is 18.4. The minimum Gasteiger partial charge on any atom is -0.488 e. The lowest BCUT2D eigenvalue weighted by Gasteiger charge is -2.24. The van der Waals surface area contributed by atoms with Crippen molar-refractivity contribution in [3.8, 4) is 5.75 Å². The van der Waals surface area contributed by atoms with Gasteiger partial charge in [-0.2, -0.15) is 0 Å². The summed E-state index contributed by atoms with van der Waals surface area (Å²) in [6, 6.07) is 11.4. The van der Waals surface area contributed by atoms with Crippen LogP contribution in [0.15, 0.2) is 42.6 Å². The van der Waals surface area contributed by atoms with Gasteiger partial charge in [-0.15, -0.1) is 0 Å². The average Bonchev–Trinajstić information content (AvgIpc) is 3.39. The summed E-state index contributed by atoms with van der Waals surface area (Å²) in [6.07, 6.45) is 4.14. The van der Waals surface area contributed by atoms with E-state index in [-0.39, 0.29) is 24.5 Å². The van der Waals surface area contributed by atoms with Crippen LogP contribution >= 0.6 is 0 Å². The van der Waals surface area contributed by atoms with Gasteiger partial charge in [-0.25, -0.2) is 4.79 Å². The number of likely N-dealkylation sites (tertiary alicyclic amines) is 1. The van der Waals surface area contributed by atoms with Gasteiger partial charge in [0.05, 0.1) is 36.7 Å². The number of carbonyl (C=O) groups excluding carboxylic acids is 2. The van der Waals surface area contributed by atoms with Crippen LogP contribution in [-0.4, -0.2) is 60.7 Å². The highest BCUT2D eigenvalue weighted by Gasteiger charge is 2.23. The van der Waals surface area contributed by atoms with Gasteiger partial charge in [-0.1, -0.05) is 6.07 Å². The van der Waals surface area contributed by atoms with Crippen LogP contribution in [0.5, 0.6) is 5.75 Å². The number of pyridine rings is 1. The molecule has 1 atom stereocenters. The van der Waals surface area contributed by atoms with Gasteiger partial charge in [-0.05, 0) is 57.1 Å². The Morgan fingerprint density at radius 2 is 1.90 bits per heavy atom. The van der Waals surface area contributed by atoms with Crippen molar-refractivity contribution in [3.05, 3.63) is 48.2 Å². The Balaban J connectivity index is 1.68. The lowest BCUT2D eigenvalue weighted by Crippen LogP contribution is -2.35. The van der Waals surface area contributed by atoms with Crippen molar-refractivity contribution in [1.82, 2.24) is 9.30 Å². The largest absolute Gasteiger partial charge is 0.488 e.